The molecule has 3 aliphatic heterocycles. The molecule has 0 unspecified atom stereocenters. The predicted molar refractivity (Wildman–Crippen MR) is 214 cm³/mol. The minimum Gasteiger partial charge on any atom is -0.490 e. The zero-order chi connectivity index (χ0) is 38.0. The van der Waals surface area contributed by atoms with Crippen molar-refractivity contribution in [3.05, 3.63) is 88.4 Å². The number of aliphatic imine (C=N–C) groups is 3. The molecule has 6 N–H and O–H groups in total. The number of hydrogen-bond acceptors (Lipinski definition) is 12. The van der Waals surface area contributed by atoms with Gasteiger partial charge in [-0.25, -0.2) is 15.0 Å². The molecule has 288 valence electrons. The molecular formula is C39H52BrClN6O6. The fourth-order valence-electron chi connectivity index (χ4n) is 5.58. The molecule has 0 aromatic heterocycles. The van der Waals surface area contributed by atoms with Gasteiger partial charge in [0.2, 0.25) is 0 Å². The van der Waals surface area contributed by atoms with Crippen molar-refractivity contribution >= 4 is 45.6 Å². The lowest BCUT2D eigenvalue weighted by Crippen LogP contribution is -2.22. The van der Waals surface area contributed by atoms with Gasteiger partial charge in [0.15, 0.2) is 0 Å². The molecule has 3 aromatic rings. The molecule has 3 aromatic carbocycles. The highest BCUT2D eigenvalue weighted by Crippen LogP contribution is 2.23. The maximum Gasteiger partial charge on any atom is 0.282 e. The van der Waals surface area contributed by atoms with Crippen LogP contribution >= 0.6 is 27.5 Å². The highest BCUT2D eigenvalue weighted by atomic mass is 79.9. The van der Waals surface area contributed by atoms with Crippen molar-refractivity contribution in [3.63, 3.8) is 0 Å². The minimum absolute atomic E-state index is 0.0993. The molecule has 0 spiro atoms. The maximum atomic E-state index is 5.93. The van der Waals surface area contributed by atoms with Gasteiger partial charge in [0.25, 0.3) is 18.1 Å². The van der Waals surface area contributed by atoms with E-state index in [1.807, 2.05) is 78.9 Å². The molecule has 0 saturated carbocycles. The van der Waals surface area contributed by atoms with E-state index in [0.717, 1.165) is 60.2 Å². The monoisotopic (exact) mass is 814 g/mol. The summed E-state index contributed by atoms with van der Waals surface area (Å²) in [5.41, 5.74) is 16.5. The highest BCUT2D eigenvalue weighted by molar-refractivity contribution is 9.10. The number of nitrogens with zero attached hydrogens (tertiary/aromatic N) is 3. The molecule has 53 heavy (non-hydrogen) atoms. The summed E-state index contributed by atoms with van der Waals surface area (Å²) >= 11 is 9.23. The lowest BCUT2D eigenvalue weighted by molar-refractivity contribution is 0.168. The van der Waals surface area contributed by atoms with Gasteiger partial charge in [-0.15, -0.1) is 0 Å². The SMILES string of the molecule is CC[C@@H](C[C@H]1COC(N)=N1)Oc1ccc(Br)cc1.CC[C@@H](C[C@H]1COC(N)=N1)Oc1ccc(Cl)cc1.CC[C@@H](C[C@H]1COC(N)=N1)Oc1ccccc1. The Morgan fingerprint density at radius 1 is 0.585 bits per heavy atom. The van der Waals surface area contributed by atoms with Gasteiger partial charge in [0.05, 0.1) is 18.1 Å². The first-order valence-electron chi connectivity index (χ1n) is 18.1. The molecule has 0 fully saturated rings. The van der Waals surface area contributed by atoms with Gasteiger partial charge in [0, 0.05) is 28.8 Å². The first-order valence-corrected chi connectivity index (χ1v) is 19.2. The lowest BCUT2D eigenvalue weighted by atomic mass is 10.1. The standard InChI is InChI=1S/C13H17BrN2O2.C13H17ClN2O2.C13H18N2O2/c2*1-2-11(7-10-8-17-13(15)16-10)18-12-5-3-9(14)4-6-12;1-2-11(8-10-9-16-13(14)15-10)17-12-6-4-3-5-7-12/h2*3-6,10-11H,2,7-8H2,1H3,(H2,15,16);3-7,10-11H,2,8-9H2,1H3,(H2,14,15)/t3*10-,11-/m000/s1. The van der Waals surface area contributed by atoms with Crippen LogP contribution in [0, 0.1) is 0 Å². The molecule has 0 saturated heterocycles. The van der Waals surface area contributed by atoms with E-state index in [1.54, 1.807) is 0 Å². The quantitative estimate of drug-likeness (QED) is 0.143. The van der Waals surface area contributed by atoms with Gasteiger partial charge < -0.3 is 45.6 Å². The van der Waals surface area contributed by atoms with Crippen LogP contribution in [0.4, 0.5) is 0 Å². The normalized spacial score (nSPS) is 20.2. The topological polar surface area (TPSA) is 171 Å². The van der Waals surface area contributed by atoms with Gasteiger partial charge in [-0.3, -0.25) is 0 Å². The number of amidine groups is 3. The number of nitrogens with two attached hydrogens (primary N) is 3. The van der Waals surface area contributed by atoms with Gasteiger partial charge >= 0.3 is 0 Å². The van der Waals surface area contributed by atoms with E-state index in [2.05, 4.69) is 51.7 Å². The van der Waals surface area contributed by atoms with Crippen molar-refractivity contribution in [2.24, 2.45) is 32.2 Å². The fraction of sp³-hybridized carbons (Fsp3) is 0.462. The van der Waals surface area contributed by atoms with Crippen molar-refractivity contribution in [1.29, 1.82) is 0 Å². The van der Waals surface area contributed by atoms with Crippen LogP contribution < -0.4 is 31.4 Å². The second-order valence-electron chi connectivity index (χ2n) is 12.7. The average Bonchev–Trinajstić information content (AvgIpc) is 3.90. The number of ether oxygens (including phenoxy) is 6. The Morgan fingerprint density at radius 2 is 0.925 bits per heavy atom. The van der Waals surface area contributed by atoms with Crippen LogP contribution in [-0.4, -0.2) is 74.3 Å². The van der Waals surface area contributed by atoms with Gasteiger partial charge in [-0.05, 0) is 79.9 Å². The average molecular weight is 816 g/mol. The summed E-state index contributed by atoms with van der Waals surface area (Å²) in [7, 11) is 0. The molecule has 3 heterocycles. The minimum atomic E-state index is 0.0993. The molecule has 12 nitrogen and oxygen atoms in total. The van der Waals surface area contributed by atoms with Crippen LogP contribution in [0.15, 0.2) is 98.3 Å². The smallest absolute Gasteiger partial charge is 0.282 e. The third-order valence-electron chi connectivity index (χ3n) is 8.45. The Kier molecular flexibility index (Phi) is 17.2. The second-order valence-corrected chi connectivity index (χ2v) is 14.0. The number of halogens is 2. The largest absolute Gasteiger partial charge is 0.490 e. The molecule has 0 amide bonds. The van der Waals surface area contributed by atoms with Gasteiger partial charge in [0.1, 0.15) is 55.4 Å². The van der Waals surface area contributed by atoms with Crippen LogP contribution in [-0.2, 0) is 14.2 Å². The second kappa shape index (κ2) is 22.0. The van der Waals surface area contributed by atoms with Crippen LogP contribution in [0.3, 0.4) is 0 Å². The Morgan fingerprint density at radius 3 is 1.25 bits per heavy atom. The van der Waals surface area contributed by atoms with Crippen LogP contribution in [0.25, 0.3) is 0 Å². The van der Waals surface area contributed by atoms with E-state index in [4.69, 9.17) is 57.2 Å². The van der Waals surface area contributed by atoms with E-state index < -0.39 is 0 Å². The molecule has 0 radical (unpaired) electrons. The summed E-state index contributed by atoms with van der Waals surface area (Å²) in [6, 6.07) is 26.3. The summed E-state index contributed by atoms with van der Waals surface area (Å²) in [6.07, 6.45) is 5.65. The lowest BCUT2D eigenvalue weighted by Gasteiger charge is -2.19. The van der Waals surface area contributed by atoms with Crippen molar-refractivity contribution in [2.75, 3.05) is 19.8 Å². The predicted octanol–water partition coefficient (Wildman–Crippen LogP) is 7.26. The van der Waals surface area contributed by atoms with Crippen LogP contribution in [0.1, 0.15) is 59.3 Å². The molecule has 3 aliphatic rings. The van der Waals surface area contributed by atoms with Crippen molar-refractivity contribution in [1.82, 2.24) is 0 Å². The van der Waals surface area contributed by atoms with Gasteiger partial charge in [-0.2, -0.15) is 0 Å². The molecule has 6 atom stereocenters. The van der Waals surface area contributed by atoms with Crippen molar-refractivity contribution in [2.45, 2.75) is 95.7 Å². The first kappa shape index (κ1) is 41.4. The third kappa shape index (κ3) is 15.3. The Hall–Kier alpha value is -4.36. The van der Waals surface area contributed by atoms with Crippen molar-refractivity contribution < 1.29 is 28.4 Å². The molecular weight excluding hydrogens is 764 g/mol. The Labute approximate surface area is 326 Å². The molecule has 0 aliphatic carbocycles. The third-order valence-corrected chi connectivity index (χ3v) is 9.23. The highest BCUT2D eigenvalue weighted by Gasteiger charge is 2.24. The number of benzene rings is 3. The summed E-state index contributed by atoms with van der Waals surface area (Å²) in [4.78, 5) is 12.6. The van der Waals surface area contributed by atoms with E-state index >= 15 is 0 Å². The number of rotatable bonds is 15. The number of para-hydroxylation sites is 1. The van der Waals surface area contributed by atoms with Crippen molar-refractivity contribution in [3.8, 4) is 17.2 Å². The van der Waals surface area contributed by atoms with E-state index in [0.29, 0.717) is 36.9 Å². The first-order chi connectivity index (χ1) is 25.6. The molecule has 14 heteroatoms. The summed E-state index contributed by atoms with van der Waals surface area (Å²) in [5, 5.41) is 0.706. The number of hydrogen-bond donors (Lipinski definition) is 3. The Balaban J connectivity index is 0.000000178. The van der Waals surface area contributed by atoms with Gasteiger partial charge in [-0.1, -0.05) is 66.5 Å². The summed E-state index contributed by atoms with van der Waals surface area (Å²) in [6.45, 7) is 7.98. The van der Waals surface area contributed by atoms with Crippen LogP contribution in [0.5, 0.6) is 17.2 Å². The maximum absolute atomic E-state index is 5.93. The summed E-state index contributed by atoms with van der Waals surface area (Å²) < 4.78 is 34.2. The van der Waals surface area contributed by atoms with E-state index in [1.165, 1.54) is 0 Å². The summed E-state index contributed by atoms with van der Waals surface area (Å²) in [5.74, 6) is 2.60. The molecule has 6 rings (SSSR count). The van der Waals surface area contributed by atoms with E-state index in [-0.39, 0.29) is 42.5 Å². The fourth-order valence-corrected chi connectivity index (χ4v) is 5.97. The zero-order valence-corrected chi connectivity index (χ0v) is 33.0. The Bertz CT molecular complexity index is 1520. The van der Waals surface area contributed by atoms with E-state index in [9.17, 15) is 0 Å². The molecule has 0 bridgehead atoms. The van der Waals surface area contributed by atoms with Crippen LogP contribution in [0.2, 0.25) is 5.02 Å². The zero-order valence-electron chi connectivity index (χ0n) is 30.6.